The number of esters is 1. The average molecular weight is 266 g/mol. The molecule has 0 spiro atoms. The van der Waals surface area contributed by atoms with Crippen LogP contribution in [0.15, 0.2) is 0 Å². The fourth-order valence-electron chi connectivity index (χ4n) is 0.739. The van der Waals surface area contributed by atoms with Crippen molar-refractivity contribution in [3.05, 3.63) is 0 Å². The van der Waals surface area contributed by atoms with E-state index in [1.165, 1.54) is 7.11 Å². The molecule has 0 bridgehead atoms. The van der Waals surface area contributed by atoms with Gasteiger partial charge in [-0.2, -0.15) is 0 Å². The van der Waals surface area contributed by atoms with Gasteiger partial charge in [-0.1, -0.05) is 15.9 Å². The molecule has 82 valence electrons. The highest BCUT2D eigenvalue weighted by atomic mass is 79.9. The van der Waals surface area contributed by atoms with Gasteiger partial charge in [0.15, 0.2) is 0 Å². The van der Waals surface area contributed by atoms with E-state index in [4.69, 9.17) is 0 Å². The van der Waals surface area contributed by atoms with Crippen molar-refractivity contribution in [1.82, 2.24) is 5.32 Å². The lowest BCUT2D eigenvalue weighted by Gasteiger charge is -2.26. The molecule has 0 rings (SSSR count). The van der Waals surface area contributed by atoms with Gasteiger partial charge in [-0.05, 0) is 27.7 Å². The maximum absolute atomic E-state index is 11.5. The summed E-state index contributed by atoms with van der Waals surface area (Å²) in [6.07, 6.45) is 0. The summed E-state index contributed by atoms with van der Waals surface area (Å²) >= 11 is 3.20. The third-order valence-electron chi connectivity index (χ3n) is 1.66. The van der Waals surface area contributed by atoms with Crippen LogP contribution in [0.2, 0.25) is 0 Å². The zero-order valence-corrected chi connectivity index (χ0v) is 10.7. The molecule has 0 fully saturated rings. The van der Waals surface area contributed by atoms with Gasteiger partial charge >= 0.3 is 5.97 Å². The van der Waals surface area contributed by atoms with Crippen LogP contribution < -0.4 is 5.32 Å². The number of halogens is 1. The molecule has 1 N–H and O–H groups in total. The van der Waals surface area contributed by atoms with E-state index < -0.39 is 15.8 Å². The molecule has 0 aliphatic rings. The maximum Gasteiger partial charge on any atom is 0.330 e. The summed E-state index contributed by atoms with van der Waals surface area (Å²) < 4.78 is 3.86. The fraction of sp³-hybridized carbons (Fsp3) is 0.778. The Morgan fingerprint density at radius 1 is 1.21 bits per heavy atom. The van der Waals surface area contributed by atoms with E-state index in [-0.39, 0.29) is 5.91 Å². The number of nitrogens with one attached hydrogen (secondary N) is 1. The van der Waals surface area contributed by atoms with E-state index in [1.807, 2.05) is 0 Å². The Morgan fingerprint density at radius 2 is 1.64 bits per heavy atom. The van der Waals surface area contributed by atoms with Crippen molar-refractivity contribution in [3.8, 4) is 0 Å². The van der Waals surface area contributed by atoms with Crippen molar-refractivity contribution < 1.29 is 14.3 Å². The SMILES string of the molecule is COC(=O)C(C)(C)NC(=O)C(C)(C)Br. The lowest BCUT2D eigenvalue weighted by molar-refractivity contribution is -0.149. The van der Waals surface area contributed by atoms with E-state index in [0.29, 0.717) is 0 Å². The Morgan fingerprint density at radius 3 is 1.93 bits per heavy atom. The van der Waals surface area contributed by atoms with Crippen molar-refractivity contribution in [2.24, 2.45) is 0 Å². The van der Waals surface area contributed by atoms with Gasteiger partial charge in [-0.15, -0.1) is 0 Å². The number of ether oxygens (including phenoxy) is 1. The van der Waals surface area contributed by atoms with Crippen LogP contribution in [0.4, 0.5) is 0 Å². The fourth-order valence-corrected chi connectivity index (χ4v) is 0.838. The molecule has 14 heavy (non-hydrogen) atoms. The Balaban J connectivity index is 4.53. The standard InChI is InChI=1S/C9H16BrNO3/c1-8(2,10)6(12)11-9(3,4)7(13)14-5/h1-5H3,(H,11,12). The first-order valence-electron chi connectivity index (χ1n) is 4.21. The van der Waals surface area contributed by atoms with Gasteiger partial charge in [-0.3, -0.25) is 4.79 Å². The van der Waals surface area contributed by atoms with Crippen molar-refractivity contribution in [2.45, 2.75) is 37.6 Å². The number of carbonyl (C=O) groups excluding carboxylic acids is 2. The van der Waals surface area contributed by atoms with Crippen LogP contribution in [-0.4, -0.2) is 28.8 Å². The Labute approximate surface area is 92.5 Å². The van der Waals surface area contributed by atoms with Gasteiger partial charge in [0.2, 0.25) is 5.91 Å². The predicted octanol–water partition coefficient (Wildman–Crippen LogP) is 1.23. The Kier molecular flexibility index (Phi) is 4.12. The molecule has 0 aromatic carbocycles. The molecule has 0 radical (unpaired) electrons. The highest BCUT2D eigenvalue weighted by Gasteiger charge is 2.35. The highest BCUT2D eigenvalue weighted by molar-refractivity contribution is 9.10. The zero-order valence-electron chi connectivity index (χ0n) is 9.10. The van der Waals surface area contributed by atoms with Gasteiger partial charge in [0.05, 0.1) is 11.4 Å². The molecule has 0 saturated carbocycles. The lowest BCUT2D eigenvalue weighted by atomic mass is 10.0. The van der Waals surface area contributed by atoms with Crippen molar-refractivity contribution in [3.63, 3.8) is 0 Å². The van der Waals surface area contributed by atoms with E-state index in [1.54, 1.807) is 27.7 Å². The van der Waals surface area contributed by atoms with Crippen LogP contribution >= 0.6 is 15.9 Å². The average Bonchev–Trinajstić information content (AvgIpc) is 2.00. The summed E-state index contributed by atoms with van der Waals surface area (Å²) in [7, 11) is 1.29. The van der Waals surface area contributed by atoms with Crippen molar-refractivity contribution >= 4 is 27.8 Å². The van der Waals surface area contributed by atoms with E-state index in [9.17, 15) is 9.59 Å². The monoisotopic (exact) mass is 265 g/mol. The third kappa shape index (κ3) is 3.65. The first-order valence-corrected chi connectivity index (χ1v) is 5.00. The Bertz CT molecular complexity index is 243. The molecule has 0 heterocycles. The second kappa shape index (κ2) is 4.29. The van der Waals surface area contributed by atoms with Crippen molar-refractivity contribution in [2.75, 3.05) is 7.11 Å². The van der Waals surface area contributed by atoms with Gasteiger partial charge in [0.25, 0.3) is 0 Å². The van der Waals surface area contributed by atoms with E-state index in [0.717, 1.165) is 0 Å². The lowest BCUT2D eigenvalue weighted by Crippen LogP contribution is -2.54. The molecule has 0 saturated heterocycles. The van der Waals surface area contributed by atoms with E-state index >= 15 is 0 Å². The minimum Gasteiger partial charge on any atom is -0.467 e. The molecular formula is C9H16BrNO3. The number of rotatable bonds is 3. The molecule has 0 aliphatic carbocycles. The smallest absolute Gasteiger partial charge is 0.330 e. The summed E-state index contributed by atoms with van der Waals surface area (Å²) in [6, 6.07) is 0. The molecule has 0 aromatic heterocycles. The molecule has 0 aliphatic heterocycles. The third-order valence-corrected chi connectivity index (χ3v) is 2.02. The van der Waals surface area contributed by atoms with Gasteiger partial charge in [0, 0.05) is 0 Å². The highest BCUT2D eigenvalue weighted by Crippen LogP contribution is 2.17. The minimum absolute atomic E-state index is 0.257. The second-order valence-electron chi connectivity index (χ2n) is 4.04. The normalized spacial score (nSPS) is 12.1. The summed E-state index contributed by atoms with van der Waals surface area (Å²) in [5, 5.41) is 2.59. The first kappa shape index (κ1) is 13.4. The van der Waals surface area contributed by atoms with Gasteiger partial charge in [0.1, 0.15) is 5.54 Å². The molecule has 0 unspecified atom stereocenters. The largest absolute Gasteiger partial charge is 0.467 e. The quantitative estimate of drug-likeness (QED) is 0.617. The summed E-state index contributed by atoms with van der Waals surface area (Å²) in [4.78, 5) is 22.8. The molecule has 1 amide bonds. The molecule has 5 heteroatoms. The van der Waals surface area contributed by atoms with Crippen LogP contribution in [-0.2, 0) is 14.3 Å². The molecule has 0 aromatic rings. The summed E-state index contributed by atoms with van der Waals surface area (Å²) in [6.45, 7) is 6.59. The number of methoxy groups -OCH3 is 1. The molecular weight excluding hydrogens is 250 g/mol. The molecule has 0 atom stereocenters. The number of amides is 1. The summed E-state index contributed by atoms with van der Waals surface area (Å²) in [5.74, 6) is -0.726. The van der Waals surface area contributed by atoms with Gasteiger partial charge < -0.3 is 10.1 Å². The molecule has 4 nitrogen and oxygen atoms in total. The Hall–Kier alpha value is -0.580. The van der Waals surface area contributed by atoms with Crippen LogP contribution in [0.25, 0.3) is 0 Å². The van der Waals surface area contributed by atoms with Crippen LogP contribution in [0.1, 0.15) is 27.7 Å². The van der Waals surface area contributed by atoms with Gasteiger partial charge in [-0.25, -0.2) is 4.79 Å². The summed E-state index contributed by atoms with van der Waals surface area (Å²) in [5.41, 5.74) is -1.00. The second-order valence-corrected chi connectivity index (χ2v) is 6.03. The predicted molar refractivity (Wildman–Crippen MR) is 57.2 cm³/mol. The zero-order chi connectivity index (χ0) is 11.6. The minimum atomic E-state index is -1.00. The van der Waals surface area contributed by atoms with Crippen molar-refractivity contribution in [1.29, 1.82) is 0 Å². The topological polar surface area (TPSA) is 55.4 Å². The van der Waals surface area contributed by atoms with Crippen LogP contribution in [0.3, 0.4) is 0 Å². The van der Waals surface area contributed by atoms with Crippen LogP contribution in [0.5, 0.6) is 0 Å². The number of alkyl halides is 1. The number of hydrogen-bond acceptors (Lipinski definition) is 3. The first-order chi connectivity index (χ1) is 6.11. The maximum atomic E-state index is 11.5. The van der Waals surface area contributed by atoms with E-state index in [2.05, 4.69) is 26.0 Å². The number of carbonyl (C=O) groups is 2. The van der Waals surface area contributed by atoms with Crippen LogP contribution in [0, 0.1) is 0 Å². The number of hydrogen-bond donors (Lipinski definition) is 1.